The summed E-state index contributed by atoms with van der Waals surface area (Å²) in [7, 11) is 11.2. The molecule has 0 radical (unpaired) electrons. The molecule has 31 heteroatoms. The summed E-state index contributed by atoms with van der Waals surface area (Å²) in [6, 6.07) is 51.1. The van der Waals surface area contributed by atoms with E-state index in [2.05, 4.69) is 31.2 Å². The van der Waals surface area contributed by atoms with Crippen LogP contribution in [0.3, 0.4) is 0 Å². The summed E-state index contributed by atoms with van der Waals surface area (Å²) >= 11 is 0. The number of aromatic amines is 1. The molecular formula is C109H108F2N6O22S. The number of ether oxygens (including phenoxy) is 10. The molecule has 0 saturated carbocycles. The van der Waals surface area contributed by atoms with Gasteiger partial charge in [0.2, 0.25) is 40.9 Å². The number of methoxy groups -OCH3 is 10. The van der Waals surface area contributed by atoms with E-state index in [0.717, 1.165) is 141 Å². The second-order valence-corrected chi connectivity index (χ2v) is 34.1. The monoisotopic (exact) mass is 1920 g/mol. The van der Waals surface area contributed by atoms with Crippen molar-refractivity contribution in [2.75, 3.05) is 77.4 Å². The molecule has 28 nitrogen and oxygen atoms in total. The van der Waals surface area contributed by atoms with Crippen molar-refractivity contribution in [1.82, 2.24) is 31.2 Å². The molecule has 8 N–H and O–H groups in total. The van der Waals surface area contributed by atoms with Gasteiger partial charge in [0.05, 0.1) is 160 Å². The van der Waals surface area contributed by atoms with Crippen LogP contribution in [0, 0.1) is 11.6 Å². The second kappa shape index (κ2) is 46.0. The van der Waals surface area contributed by atoms with Gasteiger partial charge in [0.25, 0.3) is 0 Å². The minimum absolute atomic E-state index is 0.0459. The van der Waals surface area contributed by atoms with Crippen LogP contribution < -0.4 is 72.8 Å². The van der Waals surface area contributed by atoms with E-state index >= 15 is 0 Å². The first-order valence-corrected chi connectivity index (χ1v) is 46.0. The van der Waals surface area contributed by atoms with E-state index in [1.165, 1.54) is 87.4 Å². The van der Waals surface area contributed by atoms with Crippen LogP contribution in [0.15, 0.2) is 232 Å². The molecule has 0 saturated heterocycles. The smallest absolute Gasteiger partial charge is 0.306 e. The maximum absolute atomic E-state index is 14.2. The standard InChI is InChI=1S/C28H28N2O5.C27H26FNO7S.C27H26FNO5.C27H28N2O5/c1-17-22(11-18-12-25(34-3)28(32)26(13-18)35-4)21-9-8-20(33-2)14-24(21)23(17)15-27(31)30-16-19-7-5-6-10-29-19;1-16-21(10-17-11-24(33-2)27(25(12-17)34-3)36-37(4,31)32)20-8-7-18(28)13-23(20)22(16)14-26(30)29-15-19-6-5-9-35-19;1-16-21(9-17-10-25(32-2)24(15-30)26(11-17)33-3)20-7-6-18(28)12-23(20)22(16)13-27(31)29-14-19-5-4-8-34-19;1-16-21(10-17-11-24(33-3)27(31)25(12-17)34-4)20-8-7-19(32-2)13-23(20)22(16)14-26(30)29-15-18-6-5-9-28-18/h5-14,32H,15-16H2,1-4H3,(H,30,31);5-13H,14-15H2,1-4H3,(H,29,30);4-12,30H,13-15H2,1-3H3,(H,29,31);5-13,28,31H,14-15H2,1-4H3,(H,29,30)/b22-11-;21-10-;21-9-;21-10-. The highest BCUT2D eigenvalue weighted by Gasteiger charge is 2.33. The summed E-state index contributed by atoms with van der Waals surface area (Å²) in [6.07, 6.45) is 16.0. The molecule has 0 fully saturated rings. The number of rotatable bonds is 33. The predicted octanol–water partition coefficient (Wildman–Crippen LogP) is 19.4. The van der Waals surface area contributed by atoms with Crippen LogP contribution >= 0.6 is 0 Å². The van der Waals surface area contributed by atoms with Crippen molar-refractivity contribution in [2.45, 2.75) is 86.2 Å². The third kappa shape index (κ3) is 24.0. The molecule has 140 heavy (non-hydrogen) atoms. The van der Waals surface area contributed by atoms with E-state index in [1.807, 2.05) is 137 Å². The van der Waals surface area contributed by atoms with Crippen LogP contribution in [0.25, 0.3) is 68.9 Å². The average Bonchev–Trinajstić information content (AvgIpc) is 1.63. The van der Waals surface area contributed by atoms with Crippen LogP contribution in [0.2, 0.25) is 0 Å². The number of benzene rings is 8. The van der Waals surface area contributed by atoms with Crippen molar-refractivity contribution >= 4 is 103 Å². The summed E-state index contributed by atoms with van der Waals surface area (Å²) < 4.78 is 121. The number of nitrogens with zero attached hydrogens (tertiary/aromatic N) is 1. The number of carbonyl (C=O) groups excluding carboxylic acids is 4. The molecule has 726 valence electrons. The molecule has 0 unspecified atom stereocenters. The third-order valence-corrected chi connectivity index (χ3v) is 24.3. The Bertz CT molecular complexity index is 6930. The minimum Gasteiger partial charge on any atom is -0.502 e. The number of hydrogen-bond acceptors (Lipinski definition) is 23. The molecule has 4 aromatic heterocycles. The molecule has 0 atom stereocenters. The number of phenols is 2. The number of nitrogens with one attached hydrogen (secondary N) is 5. The zero-order valence-electron chi connectivity index (χ0n) is 79.9. The van der Waals surface area contributed by atoms with Gasteiger partial charge >= 0.3 is 10.1 Å². The highest BCUT2D eigenvalue weighted by atomic mass is 32.2. The number of aromatic nitrogens is 2. The van der Waals surface area contributed by atoms with Gasteiger partial charge in [0.15, 0.2) is 34.5 Å². The summed E-state index contributed by atoms with van der Waals surface area (Å²) in [4.78, 5) is 58.4. The first-order chi connectivity index (χ1) is 67.4. The summed E-state index contributed by atoms with van der Waals surface area (Å²) in [5.41, 5.74) is 22.9. The molecule has 12 aromatic rings. The Morgan fingerprint density at radius 3 is 1.05 bits per heavy atom. The largest absolute Gasteiger partial charge is 0.502 e. The number of H-pyrrole nitrogens is 1. The number of pyridine rings is 1. The number of allylic oxidation sites excluding steroid dienone is 8. The van der Waals surface area contributed by atoms with Gasteiger partial charge in [-0.1, -0.05) is 30.3 Å². The number of halogens is 2. The summed E-state index contributed by atoms with van der Waals surface area (Å²) in [5, 5.41) is 41.8. The van der Waals surface area contributed by atoms with Gasteiger partial charge in [-0.05, 0) is 331 Å². The fraction of sp³-hybridized carbons (Fsp3) is 0.220. The lowest BCUT2D eigenvalue weighted by Crippen LogP contribution is -2.23. The molecule has 0 aliphatic heterocycles. The van der Waals surface area contributed by atoms with Crippen LogP contribution in [-0.4, -0.2) is 135 Å². The SMILES string of the molecule is COc1cc(/C=C2/C(C)=C(CC(=O)NCc3ccco3)c3cc(F)ccc32)cc(OC)c1CO.COc1cc(/C=C2/C(C)=C(CC(=O)NCc3ccco3)c3cc(F)ccc32)cc(OC)c1OS(C)(=O)=O.COc1ccc2c(c1)C(CC(=O)NCc1ccc[nH]1)=C(C)/C2=C/c1cc(OC)c(O)c(OC)c1.COc1ccc2c(c1)C(CC(=O)NCc1ccccn1)=C(C)/C2=C/c1cc(OC)c(O)c(OC)c1. The number of aromatic hydroxyl groups is 2. The molecule has 8 aromatic carbocycles. The van der Waals surface area contributed by atoms with E-state index in [4.69, 9.17) is 60.4 Å². The number of amides is 4. The second-order valence-electron chi connectivity index (χ2n) is 32.5. The van der Waals surface area contributed by atoms with E-state index in [0.29, 0.717) is 86.9 Å². The number of carbonyl (C=O) groups is 4. The molecular weight excluding hydrogens is 1820 g/mol. The molecule has 0 bridgehead atoms. The first kappa shape index (κ1) is 101. The van der Waals surface area contributed by atoms with Crippen LogP contribution in [0.4, 0.5) is 8.78 Å². The minimum atomic E-state index is -3.83. The molecule has 4 amide bonds. The van der Waals surface area contributed by atoms with Gasteiger partial charge in [-0.15, -0.1) is 0 Å². The fourth-order valence-electron chi connectivity index (χ4n) is 16.8. The van der Waals surface area contributed by atoms with E-state index in [-0.39, 0.29) is 104 Å². The fourth-order valence-corrected chi connectivity index (χ4v) is 17.2. The van der Waals surface area contributed by atoms with E-state index in [1.54, 1.807) is 99.5 Å². The van der Waals surface area contributed by atoms with Crippen molar-refractivity contribution in [3.63, 3.8) is 0 Å². The van der Waals surface area contributed by atoms with Gasteiger partial charge < -0.3 is 102 Å². The zero-order valence-corrected chi connectivity index (χ0v) is 80.8. The highest BCUT2D eigenvalue weighted by Crippen LogP contribution is 2.52. The van der Waals surface area contributed by atoms with Gasteiger partial charge in [-0.3, -0.25) is 24.2 Å². The lowest BCUT2D eigenvalue weighted by Gasteiger charge is -2.14. The van der Waals surface area contributed by atoms with Gasteiger partial charge in [0, 0.05) is 18.1 Å². The number of fused-ring (bicyclic) bond motifs is 4. The molecule has 0 spiro atoms. The average molecular weight is 1920 g/mol. The van der Waals surface area contributed by atoms with Crippen molar-refractivity contribution in [3.8, 4) is 74.7 Å². The third-order valence-electron chi connectivity index (χ3n) is 23.8. The number of hydrogen-bond donors (Lipinski definition) is 8. The highest BCUT2D eigenvalue weighted by molar-refractivity contribution is 7.86. The Labute approximate surface area is 809 Å². The zero-order chi connectivity index (χ0) is 100. The topological polar surface area (TPSA) is 368 Å². The maximum atomic E-state index is 14.2. The predicted molar refractivity (Wildman–Crippen MR) is 532 cm³/mol. The Hall–Kier alpha value is -16.3. The molecule has 4 aliphatic carbocycles. The summed E-state index contributed by atoms with van der Waals surface area (Å²) in [6.45, 7) is 8.94. The molecule has 4 aliphatic rings. The Kier molecular flexibility index (Phi) is 33.3. The van der Waals surface area contributed by atoms with E-state index in [9.17, 15) is 51.7 Å². The van der Waals surface area contributed by atoms with Crippen LogP contribution in [-0.2, 0) is 62.1 Å². The van der Waals surface area contributed by atoms with Gasteiger partial charge in [-0.2, -0.15) is 8.42 Å². The van der Waals surface area contributed by atoms with Gasteiger partial charge in [-0.25, -0.2) is 8.78 Å². The molecule has 4 heterocycles. The lowest BCUT2D eigenvalue weighted by molar-refractivity contribution is -0.121. The van der Waals surface area contributed by atoms with E-state index < -0.39 is 15.9 Å². The first-order valence-electron chi connectivity index (χ1n) is 44.1. The maximum Gasteiger partial charge on any atom is 0.306 e. The number of phenolic OH excluding ortho intramolecular Hbond substituents is 2. The quantitative estimate of drug-likeness (QED) is 0.0177. The van der Waals surface area contributed by atoms with Crippen molar-refractivity contribution < 1.29 is 112 Å². The van der Waals surface area contributed by atoms with Crippen LogP contribution in [0.5, 0.6) is 74.7 Å². The number of furan rings is 2. The van der Waals surface area contributed by atoms with Crippen molar-refractivity contribution in [1.29, 1.82) is 0 Å². The number of aliphatic hydroxyl groups is 1. The van der Waals surface area contributed by atoms with Gasteiger partial charge in [0.1, 0.15) is 46.2 Å². The van der Waals surface area contributed by atoms with Crippen LogP contribution in [0.1, 0.15) is 149 Å². The number of aliphatic hydroxyl groups excluding tert-OH is 1. The normalized spacial score (nSPS) is 13.8. The van der Waals surface area contributed by atoms with Crippen molar-refractivity contribution in [3.05, 3.63) is 330 Å². The Balaban J connectivity index is 0.000000157. The van der Waals surface area contributed by atoms with Crippen molar-refractivity contribution in [2.24, 2.45) is 0 Å². The lowest BCUT2D eigenvalue weighted by atomic mass is 9.99. The Morgan fingerprint density at radius 1 is 0.393 bits per heavy atom. The summed E-state index contributed by atoms with van der Waals surface area (Å²) in [5.74, 6) is 3.85. The molecule has 16 rings (SSSR count). The Morgan fingerprint density at radius 2 is 0.736 bits per heavy atom.